The molecule has 0 aromatic heterocycles. The summed E-state index contributed by atoms with van der Waals surface area (Å²) in [5, 5.41) is 12.7. The molecule has 0 amide bonds. The summed E-state index contributed by atoms with van der Waals surface area (Å²) in [5.41, 5.74) is 1.32. The summed E-state index contributed by atoms with van der Waals surface area (Å²) in [6.45, 7) is -0.251. The summed E-state index contributed by atoms with van der Waals surface area (Å²) in [6, 6.07) is 40.0. The third-order valence-corrected chi connectivity index (χ3v) is 8.68. The number of carboxylic acid groups (broad SMARTS) is 1. The Morgan fingerprint density at radius 2 is 0.900 bits per heavy atom. The van der Waals surface area contributed by atoms with Crippen LogP contribution in [0.1, 0.15) is 5.56 Å². The van der Waals surface area contributed by atoms with Crippen LogP contribution in [0.5, 0.6) is 0 Å². The van der Waals surface area contributed by atoms with Crippen LogP contribution in [-0.4, -0.2) is 16.9 Å². The molecule has 0 spiro atoms. The van der Waals surface area contributed by atoms with Gasteiger partial charge in [0.2, 0.25) is 0 Å². The second-order valence-corrected chi connectivity index (χ2v) is 10.1. The van der Waals surface area contributed by atoms with Gasteiger partial charge in [-0.2, -0.15) is 0 Å². The first-order chi connectivity index (χ1) is 14.6. The van der Waals surface area contributed by atoms with Gasteiger partial charge in [-0.25, -0.2) is 4.79 Å². The topological polar surface area (TPSA) is 37.3 Å². The van der Waals surface area contributed by atoms with E-state index in [2.05, 4.69) is 19.1 Å². The number of aliphatic carboxylic acids is 1. The molecule has 0 heterocycles. The average Bonchev–Trinajstić information content (AvgIpc) is 2.80. The summed E-state index contributed by atoms with van der Waals surface area (Å²) in [5.74, 6) is 0.599. The van der Waals surface area contributed by atoms with E-state index in [1.54, 1.807) is 0 Å². The SMILES string of the molecule is Cc1ccccc1.O=C(O)C=P(c1ccccc1)(c1ccccc1)c1ccccc1. The van der Waals surface area contributed by atoms with Gasteiger partial charge in [-0.15, -0.1) is 0 Å². The van der Waals surface area contributed by atoms with E-state index < -0.39 is 12.9 Å². The first-order valence-electron chi connectivity index (χ1n) is 9.79. The highest BCUT2D eigenvalue weighted by Gasteiger charge is 2.26. The summed E-state index contributed by atoms with van der Waals surface area (Å²) in [4.78, 5) is 11.7. The summed E-state index contributed by atoms with van der Waals surface area (Å²) >= 11 is 0. The number of rotatable bonds is 4. The van der Waals surface area contributed by atoms with Crippen molar-refractivity contribution in [3.05, 3.63) is 127 Å². The monoisotopic (exact) mass is 412 g/mol. The molecule has 0 radical (unpaired) electrons. The lowest BCUT2D eigenvalue weighted by Gasteiger charge is -2.27. The highest BCUT2D eigenvalue weighted by Crippen LogP contribution is 2.43. The first kappa shape index (κ1) is 21.4. The van der Waals surface area contributed by atoms with Gasteiger partial charge in [0.15, 0.2) is 0 Å². The molecule has 0 fully saturated rings. The number of benzene rings is 4. The molecule has 3 heteroatoms. The molecule has 4 rings (SSSR count). The van der Waals surface area contributed by atoms with Crippen LogP contribution in [0.3, 0.4) is 0 Å². The van der Waals surface area contributed by atoms with Crippen molar-refractivity contribution in [1.29, 1.82) is 0 Å². The maximum absolute atomic E-state index is 11.7. The Labute approximate surface area is 178 Å². The normalized spacial score (nSPS) is 10.4. The van der Waals surface area contributed by atoms with Crippen LogP contribution in [-0.2, 0) is 4.79 Å². The van der Waals surface area contributed by atoms with Gasteiger partial charge in [0, 0.05) is 5.80 Å². The van der Waals surface area contributed by atoms with Gasteiger partial charge in [0.25, 0.3) is 0 Å². The molecular formula is C27H25O2P. The lowest BCUT2D eigenvalue weighted by atomic mass is 10.2. The van der Waals surface area contributed by atoms with Crippen molar-refractivity contribution in [1.82, 2.24) is 0 Å². The Morgan fingerprint density at radius 3 is 1.13 bits per heavy atom. The van der Waals surface area contributed by atoms with E-state index in [-0.39, 0.29) is 0 Å². The molecule has 0 aliphatic heterocycles. The molecule has 0 unspecified atom stereocenters. The zero-order valence-corrected chi connectivity index (χ0v) is 17.8. The van der Waals surface area contributed by atoms with E-state index in [1.807, 2.05) is 109 Å². The molecular weight excluding hydrogens is 387 g/mol. The number of carboxylic acids is 1. The maximum Gasteiger partial charge on any atom is 0.329 e. The van der Waals surface area contributed by atoms with E-state index in [1.165, 1.54) is 11.4 Å². The van der Waals surface area contributed by atoms with E-state index in [0.29, 0.717) is 0 Å². The Morgan fingerprint density at radius 1 is 0.600 bits per heavy atom. The van der Waals surface area contributed by atoms with Crippen LogP contribution >= 0.6 is 6.89 Å². The molecule has 0 saturated carbocycles. The van der Waals surface area contributed by atoms with Gasteiger partial charge in [-0.3, -0.25) is 0 Å². The minimum absolute atomic E-state index is 0.894. The van der Waals surface area contributed by atoms with E-state index in [4.69, 9.17) is 0 Å². The van der Waals surface area contributed by atoms with E-state index in [0.717, 1.165) is 15.9 Å². The second kappa shape index (κ2) is 10.4. The first-order valence-corrected chi connectivity index (χ1v) is 11.6. The quantitative estimate of drug-likeness (QED) is 0.486. The highest BCUT2D eigenvalue weighted by molar-refractivity contribution is 7.95. The molecule has 4 aromatic carbocycles. The molecule has 150 valence electrons. The van der Waals surface area contributed by atoms with E-state index >= 15 is 0 Å². The standard InChI is InChI=1S/C20H17O2P.C7H8/c21-20(22)16-23(17-10-4-1-5-11-17,18-12-6-2-7-13-18)19-14-8-3-9-15-19;1-7-5-3-2-4-6-7/h1-16H,(H,21,22);2-6H,1H3. The fraction of sp³-hybridized carbons (Fsp3) is 0.0370. The Balaban J connectivity index is 0.000000310. The predicted molar refractivity (Wildman–Crippen MR) is 130 cm³/mol. The smallest absolute Gasteiger partial charge is 0.329 e. The summed E-state index contributed by atoms with van der Waals surface area (Å²) in [6.07, 6.45) is 0. The van der Waals surface area contributed by atoms with Crippen molar-refractivity contribution in [2.45, 2.75) is 6.92 Å². The molecule has 0 aliphatic carbocycles. The Hall–Kier alpha value is -3.35. The van der Waals surface area contributed by atoms with Crippen LogP contribution in [0.25, 0.3) is 0 Å². The third-order valence-electron chi connectivity index (χ3n) is 4.73. The molecule has 1 N–H and O–H groups in total. The summed E-state index contributed by atoms with van der Waals surface area (Å²) in [7, 11) is 0. The van der Waals surface area contributed by atoms with Gasteiger partial charge in [0.1, 0.15) is 0 Å². The van der Waals surface area contributed by atoms with Gasteiger partial charge in [-0.1, -0.05) is 127 Å². The van der Waals surface area contributed by atoms with Crippen LogP contribution in [0.4, 0.5) is 0 Å². The predicted octanol–water partition coefficient (Wildman–Crippen LogP) is 4.86. The number of carbonyl (C=O) groups is 1. The lowest BCUT2D eigenvalue weighted by Crippen LogP contribution is -2.28. The Kier molecular flexibility index (Phi) is 7.43. The van der Waals surface area contributed by atoms with Crippen molar-refractivity contribution in [2.24, 2.45) is 0 Å². The van der Waals surface area contributed by atoms with Crippen LogP contribution in [0, 0.1) is 6.92 Å². The highest BCUT2D eigenvalue weighted by atomic mass is 31.2. The molecule has 2 nitrogen and oxygen atoms in total. The molecule has 0 atom stereocenters. The number of aryl methyl sites for hydroxylation is 1. The number of hydrogen-bond donors (Lipinski definition) is 1. The average molecular weight is 412 g/mol. The van der Waals surface area contributed by atoms with Gasteiger partial charge in [0.05, 0.1) is 0 Å². The Bertz CT molecular complexity index is 1000. The third kappa shape index (κ3) is 5.17. The van der Waals surface area contributed by atoms with Gasteiger partial charge in [-0.05, 0) is 29.7 Å². The molecule has 0 bridgehead atoms. The molecule has 4 aromatic rings. The van der Waals surface area contributed by atoms with E-state index in [9.17, 15) is 9.90 Å². The zero-order chi connectivity index (χ0) is 21.2. The number of hydrogen-bond acceptors (Lipinski definition) is 1. The fourth-order valence-electron chi connectivity index (χ4n) is 3.36. The second-order valence-electron chi connectivity index (χ2n) is 6.85. The lowest BCUT2D eigenvalue weighted by molar-refractivity contribution is -0.128. The minimum Gasteiger partial charge on any atom is -0.478 e. The van der Waals surface area contributed by atoms with Crippen molar-refractivity contribution in [2.75, 3.05) is 0 Å². The maximum atomic E-state index is 11.7. The van der Waals surface area contributed by atoms with Crippen molar-refractivity contribution in [3.63, 3.8) is 0 Å². The van der Waals surface area contributed by atoms with Crippen LogP contribution in [0.15, 0.2) is 121 Å². The molecule has 0 aliphatic rings. The van der Waals surface area contributed by atoms with Crippen LogP contribution < -0.4 is 15.9 Å². The van der Waals surface area contributed by atoms with Crippen molar-refractivity contribution in [3.8, 4) is 0 Å². The molecule has 0 saturated heterocycles. The van der Waals surface area contributed by atoms with Gasteiger partial charge >= 0.3 is 5.97 Å². The van der Waals surface area contributed by atoms with Crippen molar-refractivity contribution < 1.29 is 9.90 Å². The van der Waals surface area contributed by atoms with Gasteiger partial charge < -0.3 is 5.11 Å². The largest absolute Gasteiger partial charge is 0.478 e. The summed E-state index contributed by atoms with van der Waals surface area (Å²) < 4.78 is 0. The molecule has 30 heavy (non-hydrogen) atoms. The van der Waals surface area contributed by atoms with Crippen LogP contribution in [0.2, 0.25) is 0 Å². The fourth-order valence-corrected chi connectivity index (χ4v) is 6.96. The minimum atomic E-state index is -2.33. The zero-order valence-electron chi connectivity index (χ0n) is 16.9. The van der Waals surface area contributed by atoms with Crippen molar-refractivity contribution >= 4 is 34.6 Å².